The van der Waals surface area contributed by atoms with Crippen LogP contribution >= 0.6 is 23.6 Å². The molecule has 1 aromatic heterocycles. The van der Waals surface area contributed by atoms with Crippen LogP contribution in [0.3, 0.4) is 0 Å². The van der Waals surface area contributed by atoms with Crippen molar-refractivity contribution < 1.29 is 9.82 Å². The molecule has 122 valence electrons. The van der Waals surface area contributed by atoms with Crippen LogP contribution in [0.5, 0.6) is 0 Å². The molecule has 0 radical (unpaired) electrons. The number of nitro groups is 1. The van der Waals surface area contributed by atoms with E-state index in [4.69, 9.17) is 12.2 Å². The van der Waals surface area contributed by atoms with Crippen molar-refractivity contribution in [1.82, 2.24) is 5.32 Å². The van der Waals surface area contributed by atoms with Gasteiger partial charge in [-0.05, 0) is 35.8 Å². The molecule has 0 aliphatic rings. The third kappa shape index (κ3) is 4.98. The number of rotatable bonds is 6. The van der Waals surface area contributed by atoms with E-state index in [-0.39, 0.29) is 5.69 Å². The van der Waals surface area contributed by atoms with Crippen LogP contribution in [-0.2, 0) is 0 Å². The first kappa shape index (κ1) is 17.3. The monoisotopic (exact) mass is 351 g/mol. The molecule has 0 aliphatic carbocycles. The summed E-state index contributed by atoms with van der Waals surface area (Å²) in [6, 6.07) is 10.7. The Balaban J connectivity index is 1.90. The third-order valence-electron chi connectivity index (χ3n) is 3.39. The van der Waals surface area contributed by atoms with E-state index in [1.54, 1.807) is 23.5 Å². The van der Waals surface area contributed by atoms with Crippen LogP contribution < -0.4 is 15.5 Å². The number of nitro benzene ring substituents is 1. The van der Waals surface area contributed by atoms with E-state index >= 15 is 0 Å². The Kier molecular flexibility index (Phi) is 6.03. The fourth-order valence-corrected chi connectivity index (χ4v) is 3.27. The molecule has 0 unspecified atom stereocenters. The number of hydrogen-bond acceptors (Lipinski definition) is 4. The number of benzene rings is 1. The summed E-state index contributed by atoms with van der Waals surface area (Å²) in [6.45, 7) is 0.710. The molecule has 1 atom stereocenters. The highest BCUT2D eigenvalue weighted by atomic mass is 32.1. The van der Waals surface area contributed by atoms with Gasteiger partial charge in [-0.3, -0.25) is 10.1 Å². The van der Waals surface area contributed by atoms with E-state index in [9.17, 15) is 10.1 Å². The normalized spacial score (nSPS) is 12.0. The lowest BCUT2D eigenvalue weighted by molar-refractivity contribution is -0.890. The standard InChI is InChI=1S/C15H18N4O2S2/c1-18(2)13(14-4-3-9-23-14)10-16-15(22)17-11-5-7-12(8-6-11)19(20)21/h3-9,13H,10H2,1-2H3,(H2,16,17,22)/p+1/t13-/m0/s1. The van der Waals surface area contributed by atoms with Crippen molar-refractivity contribution in [3.8, 4) is 0 Å². The van der Waals surface area contributed by atoms with Gasteiger partial charge in [-0.1, -0.05) is 6.07 Å². The van der Waals surface area contributed by atoms with Crippen LogP contribution in [0, 0.1) is 10.1 Å². The molecule has 23 heavy (non-hydrogen) atoms. The van der Waals surface area contributed by atoms with Gasteiger partial charge >= 0.3 is 0 Å². The Morgan fingerprint density at radius 1 is 1.35 bits per heavy atom. The molecular weight excluding hydrogens is 332 g/mol. The zero-order chi connectivity index (χ0) is 16.8. The molecular formula is C15H19N4O2S2+. The van der Waals surface area contributed by atoms with Crippen LogP contribution in [-0.4, -0.2) is 30.7 Å². The maximum atomic E-state index is 10.6. The SMILES string of the molecule is C[NH+](C)[C@@H](CNC(=S)Nc1ccc([N+](=O)[O-])cc1)c1cccs1. The van der Waals surface area contributed by atoms with Gasteiger partial charge < -0.3 is 15.5 Å². The van der Waals surface area contributed by atoms with E-state index in [2.05, 4.69) is 36.2 Å². The number of likely N-dealkylation sites (N-methyl/N-ethyl adjacent to an activating group) is 1. The Hall–Kier alpha value is -2.03. The molecule has 0 saturated heterocycles. The molecule has 0 fully saturated rings. The average Bonchev–Trinajstić information content (AvgIpc) is 3.01. The number of anilines is 1. The van der Waals surface area contributed by atoms with Gasteiger partial charge in [0.1, 0.15) is 6.04 Å². The summed E-state index contributed by atoms with van der Waals surface area (Å²) in [6.07, 6.45) is 0. The zero-order valence-corrected chi connectivity index (χ0v) is 14.5. The highest BCUT2D eigenvalue weighted by Crippen LogP contribution is 2.16. The average molecular weight is 351 g/mol. The molecule has 0 spiro atoms. The smallest absolute Gasteiger partial charge is 0.269 e. The lowest BCUT2D eigenvalue weighted by atomic mass is 10.2. The van der Waals surface area contributed by atoms with Crippen molar-refractivity contribution in [2.75, 3.05) is 26.0 Å². The van der Waals surface area contributed by atoms with Crippen molar-refractivity contribution in [2.45, 2.75) is 6.04 Å². The molecule has 0 amide bonds. The topological polar surface area (TPSA) is 71.6 Å². The van der Waals surface area contributed by atoms with Gasteiger partial charge in [0.25, 0.3) is 5.69 Å². The second-order valence-electron chi connectivity index (χ2n) is 5.28. The van der Waals surface area contributed by atoms with Gasteiger partial charge in [-0.25, -0.2) is 0 Å². The Bertz CT molecular complexity index is 657. The van der Waals surface area contributed by atoms with Crippen LogP contribution in [0.2, 0.25) is 0 Å². The maximum Gasteiger partial charge on any atom is 0.269 e. The summed E-state index contributed by atoms with van der Waals surface area (Å²) >= 11 is 7.02. The van der Waals surface area contributed by atoms with Crippen molar-refractivity contribution in [2.24, 2.45) is 0 Å². The second kappa shape index (κ2) is 8.00. The van der Waals surface area contributed by atoms with Crippen molar-refractivity contribution in [3.05, 3.63) is 56.8 Å². The van der Waals surface area contributed by atoms with E-state index < -0.39 is 4.92 Å². The van der Waals surface area contributed by atoms with Crippen molar-refractivity contribution in [3.63, 3.8) is 0 Å². The van der Waals surface area contributed by atoms with Crippen LogP contribution in [0.4, 0.5) is 11.4 Å². The first-order chi connectivity index (χ1) is 11.0. The predicted octanol–water partition coefficient (Wildman–Crippen LogP) is 1.83. The molecule has 1 aromatic carbocycles. The number of nitrogens with zero attached hydrogens (tertiary/aromatic N) is 1. The van der Waals surface area contributed by atoms with E-state index in [1.165, 1.54) is 21.9 Å². The first-order valence-corrected chi connectivity index (χ1v) is 8.39. The van der Waals surface area contributed by atoms with Crippen LogP contribution in [0.1, 0.15) is 10.9 Å². The Morgan fingerprint density at radius 3 is 2.57 bits per heavy atom. The minimum absolute atomic E-state index is 0.0587. The Labute approximate surface area is 144 Å². The molecule has 1 heterocycles. The summed E-state index contributed by atoms with van der Waals surface area (Å²) in [5.74, 6) is 0. The third-order valence-corrected chi connectivity index (χ3v) is 4.62. The van der Waals surface area contributed by atoms with Gasteiger partial charge in [0.05, 0.1) is 30.4 Å². The second-order valence-corrected chi connectivity index (χ2v) is 6.67. The fourth-order valence-electron chi connectivity index (χ4n) is 2.12. The molecule has 6 nitrogen and oxygen atoms in total. The highest BCUT2D eigenvalue weighted by molar-refractivity contribution is 7.80. The van der Waals surface area contributed by atoms with E-state index in [0.29, 0.717) is 17.7 Å². The first-order valence-electron chi connectivity index (χ1n) is 7.10. The molecule has 3 N–H and O–H groups in total. The maximum absolute atomic E-state index is 10.6. The van der Waals surface area contributed by atoms with Gasteiger partial charge in [0, 0.05) is 17.8 Å². The molecule has 0 saturated carbocycles. The van der Waals surface area contributed by atoms with E-state index in [0.717, 1.165) is 5.69 Å². The lowest BCUT2D eigenvalue weighted by Gasteiger charge is -2.21. The van der Waals surface area contributed by atoms with Crippen LogP contribution in [0.25, 0.3) is 0 Å². The number of nitrogens with one attached hydrogen (secondary N) is 3. The summed E-state index contributed by atoms with van der Waals surface area (Å²) in [5, 5.41) is 19.5. The highest BCUT2D eigenvalue weighted by Gasteiger charge is 2.18. The van der Waals surface area contributed by atoms with Gasteiger partial charge in [0.2, 0.25) is 0 Å². The minimum Gasteiger partial charge on any atom is -0.356 e. The van der Waals surface area contributed by atoms with Gasteiger partial charge in [0.15, 0.2) is 5.11 Å². The number of non-ortho nitro benzene ring substituents is 1. The molecule has 0 aliphatic heterocycles. The summed E-state index contributed by atoms with van der Waals surface area (Å²) in [7, 11) is 4.22. The fraction of sp³-hybridized carbons (Fsp3) is 0.267. The number of hydrogen-bond donors (Lipinski definition) is 3. The van der Waals surface area contributed by atoms with E-state index in [1.807, 2.05) is 6.07 Å². The van der Waals surface area contributed by atoms with Gasteiger partial charge in [-0.15, -0.1) is 11.3 Å². The number of quaternary nitrogens is 1. The zero-order valence-electron chi connectivity index (χ0n) is 12.9. The molecule has 8 heteroatoms. The van der Waals surface area contributed by atoms with Crippen LogP contribution in [0.15, 0.2) is 41.8 Å². The predicted molar refractivity (Wildman–Crippen MR) is 97.2 cm³/mol. The van der Waals surface area contributed by atoms with Crippen molar-refractivity contribution in [1.29, 1.82) is 0 Å². The molecule has 2 rings (SSSR count). The summed E-state index contributed by atoms with van der Waals surface area (Å²) in [4.78, 5) is 12.8. The largest absolute Gasteiger partial charge is 0.356 e. The van der Waals surface area contributed by atoms with Crippen molar-refractivity contribution >= 4 is 40.0 Å². The number of thiocarbonyl (C=S) groups is 1. The quantitative estimate of drug-likeness (QED) is 0.421. The van der Waals surface area contributed by atoms with Gasteiger partial charge in [-0.2, -0.15) is 0 Å². The summed E-state index contributed by atoms with van der Waals surface area (Å²) in [5.41, 5.74) is 0.779. The minimum atomic E-state index is -0.425. The summed E-state index contributed by atoms with van der Waals surface area (Å²) < 4.78 is 0. The number of thiophene rings is 1. The lowest BCUT2D eigenvalue weighted by Crippen LogP contribution is -3.06. The molecule has 0 bridgehead atoms. The molecule has 2 aromatic rings. The Morgan fingerprint density at radius 2 is 2.04 bits per heavy atom.